The van der Waals surface area contributed by atoms with Crippen LogP contribution in [0.15, 0.2) is 30.3 Å². The van der Waals surface area contributed by atoms with E-state index in [0.717, 1.165) is 48.6 Å². The molecule has 1 amide bonds. The van der Waals surface area contributed by atoms with Gasteiger partial charge in [0.05, 0.1) is 18.5 Å². The van der Waals surface area contributed by atoms with Gasteiger partial charge in [-0.25, -0.2) is 4.68 Å². The van der Waals surface area contributed by atoms with Crippen LogP contribution in [0.25, 0.3) is 5.69 Å². The van der Waals surface area contributed by atoms with Gasteiger partial charge in [-0.05, 0) is 37.1 Å². The molecule has 1 aromatic heterocycles. The molecular weight excluding hydrogens is 314 g/mol. The van der Waals surface area contributed by atoms with Crippen molar-refractivity contribution in [3.8, 4) is 11.4 Å². The second kappa shape index (κ2) is 6.90. The maximum Gasteiger partial charge on any atom is 0.228 e. The molecule has 1 aliphatic rings. The summed E-state index contributed by atoms with van der Waals surface area (Å²) in [7, 11) is 1.65. The summed E-state index contributed by atoms with van der Waals surface area (Å²) in [6.07, 6.45) is 4.25. The highest BCUT2D eigenvalue weighted by molar-refractivity contribution is 5.92. The lowest BCUT2D eigenvalue weighted by atomic mass is 9.92. The van der Waals surface area contributed by atoms with Crippen LogP contribution in [0.3, 0.4) is 0 Å². The first-order valence-electron chi connectivity index (χ1n) is 8.94. The highest BCUT2D eigenvalue weighted by Crippen LogP contribution is 2.29. The van der Waals surface area contributed by atoms with Gasteiger partial charge < -0.3 is 10.1 Å². The zero-order valence-corrected chi connectivity index (χ0v) is 15.5. The van der Waals surface area contributed by atoms with Crippen molar-refractivity contribution in [1.82, 2.24) is 9.78 Å². The fraction of sp³-hybridized carbons (Fsp3) is 0.500. The van der Waals surface area contributed by atoms with E-state index >= 15 is 0 Å². The van der Waals surface area contributed by atoms with E-state index in [-0.39, 0.29) is 17.2 Å². The lowest BCUT2D eigenvalue weighted by Gasteiger charge is -2.14. The summed E-state index contributed by atoms with van der Waals surface area (Å²) in [5, 5.41) is 7.85. The molecule has 5 heteroatoms. The summed E-state index contributed by atoms with van der Waals surface area (Å²) in [4.78, 5) is 12.6. The number of nitrogens with one attached hydrogen (secondary N) is 1. The van der Waals surface area contributed by atoms with Gasteiger partial charge in [0.15, 0.2) is 0 Å². The topological polar surface area (TPSA) is 56.1 Å². The molecule has 0 spiro atoms. The summed E-state index contributed by atoms with van der Waals surface area (Å²) in [6, 6.07) is 9.68. The van der Waals surface area contributed by atoms with Gasteiger partial charge in [-0.1, -0.05) is 33.6 Å². The van der Waals surface area contributed by atoms with E-state index in [9.17, 15) is 4.79 Å². The second-order valence-corrected chi connectivity index (χ2v) is 7.75. The molecule has 0 unspecified atom stereocenters. The third kappa shape index (κ3) is 3.86. The van der Waals surface area contributed by atoms with Gasteiger partial charge in [-0.3, -0.25) is 4.79 Å². The lowest BCUT2D eigenvalue weighted by molar-refractivity contribution is -0.119. The molecular formula is C20H27N3O2. The van der Waals surface area contributed by atoms with E-state index < -0.39 is 0 Å². The smallest absolute Gasteiger partial charge is 0.228 e. The van der Waals surface area contributed by atoms with E-state index in [1.165, 1.54) is 0 Å². The number of hydrogen-bond donors (Lipinski definition) is 1. The van der Waals surface area contributed by atoms with Crippen molar-refractivity contribution >= 4 is 11.7 Å². The Morgan fingerprint density at radius 2 is 1.84 bits per heavy atom. The SMILES string of the molecule is COc1ccc(-n2nc(C(C)(C)C)cc2NC(=O)C2CCCC2)cc1. The molecule has 3 rings (SSSR count). The molecule has 0 radical (unpaired) electrons. The van der Waals surface area contributed by atoms with Crippen molar-refractivity contribution in [2.24, 2.45) is 5.92 Å². The van der Waals surface area contributed by atoms with Gasteiger partial charge in [0.1, 0.15) is 11.6 Å². The number of carbonyl (C=O) groups is 1. The van der Waals surface area contributed by atoms with E-state index in [2.05, 4.69) is 26.1 Å². The number of carbonyl (C=O) groups excluding carboxylic acids is 1. The highest BCUT2D eigenvalue weighted by Gasteiger charge is 2.26. The summed E-state index contributed by atoms with van der Waals surface area (Å²) in [6.45, 7) is 6.36. The summed E-state index contributed by atoms with van der Waals surface area (Å²) >= 11 is 0. The van der Waals surface area contributed by atoms with Gasteiger partial charge in [0.25, 0.3) is 0 Å². The predicted molar refractivity (Wildman–Crippen MR) is 99.4 cm³/mol. The molecule has 1 saturated carbocycles. The fourth-order valence-corrected chi connectivity index (χ4v) is 3.17. The van der Waals surface area contributed by atoms with E-state index in [4.69, 9.17) is 9.84 Å². The number of methoxy groups -OCH3 is 1. The molecule has 1 aromatic carbocycles. The third-order valence-electron chi connectivity index (χ3n) is 4.77. The highest BCUT2D eigenvalue weighted by atomic mass is 16.5. The third-order valence-corrected chi connectivity index (χ3v) is 4.77. The minimum Gasteiger partial charge on any atom is -0.497 e. The number of aromatic nitrogens is 2. The van der Waals surface area contributed by atoms with Gasteiger partial charge in [-0.2, -0.15) is 5.10 Å². The van der Waals surface area contributed by atoms with Crippen molar-refractivity contribution in [1.29, 1.82) is 0 Å². The number of nitrogens with zero attached hydrogens (tertiary/aromatic N) is 2. The minimum atomic E-state index is -0.0927. The Bertz CT molecular complexity index is 735. The maximum absolute atomic E-state index is 12.6. The number of hydrogen-bond acceptors (Lipinski definition) is 3. The van der Waals surface area contributed by atoms with Gasteiger partial charge >= 0.3 is 0 Å². The van der Waals surface area contributed by atoms with Crippen LogP contribution < -0.4 is 10.1 Å². The molecule has 2 aromatic rings. The Kier molecular flexibility index (Phi) is 4.84. The van der Waals surface area contributed by atoms with Gasteiger partial charge in [0.2, 0.25) is 5.91 Å². The molecule has 25 heavy (non-hydrogen) atoms. The van der Waals surface area contributed by atoms with Crippen LogP contribution >= 0.6 is 0 Å². The van der Waals surface area contributed by atoms with Crippen molar-refractivity contribution in [2.45, 2.75) is 51.9 Å². The summed E-state index contributed by atoms with van der Waals surface area (Å²) in [5.41, 5.74) is 1.76. The molecule has 1 fully saturated rings. The zero-order chi connectivity index (χ0) is 18.0. The lowest BCUT2D eigenvalue weighted by Crippen LogP contribution is -2.22. The number of benzene rings is 1. The fourth-order valence-electron chi connectivity index (χ4n) is 3.17. The number of rotatable bonds is 4. The first-order chi connectivity index (χ1) is 11.9. The Morgan fingerprint density at radius 3 is 2.40 bits per heavy atom. The molecule has 1 heterocycles. The molecule has 1 aliphatic carbocycles. The van der Waals surface area contributed by atoms with Crippen molar-refractivity contribution in [3.63, 3.8) is 0 Å². The average Bonchev–Trinajstić information content (AvgIpc) is 3.24. The monoisotopic (exact) mass is 341 g/mol. The van der Waals surface area contributed by atoms with Crippen LogP contribution in [0.2, 0.25) is 0 Å². The Labute approximate surface area is 149 Å². The predicted octanol–water partition coefficient (Wildman–Crippen LogP) is 4.31. The summed E-state index contributed by atoms with van der Waals surface area (Å²) in [5.74, 6) is 1.75. The maximum atomic E-state index is 12.6. The van der Waals surface area contributed by atoms with Crippen molar-refractivity contribution < 1.29 is 9.53 Å². The van der Waals surface area contributed by atoms with Gasteiger partial charge in [0, 0.05) is 17.4 Å². The Morgan fingerprint density at radius 1 is 1.20 bits per heavy atom. The van der Waals surface area contributed by atoms with Crippen LogP contribution in [-0.4, -0.2) is 22.8 Å². The first-order valence-corrected chi connectivity index (χ1v) is 8.94. The van der Waals surface area contributed by atoms with E-state index in [1.54, 1.807) is 7.11 Å². The molecule has 0 saturated heterocycles. The summed E-state index contributed by atoms with van der Waals surface area (Å²) < 4.78 is 7.04. The zero-order valence-electron chi connectivity index (χ0n) is 15.5. The van der Waals surface area contributed by atoms with Crippen LogP contribution in [0, 0.1) is 5.92 Å². The molecule has 0 bridgehead atoms. The number of amides is 1. The molecule has 5 nitrogen and oxygen atoms in total. The van der Waals surface area contributed by atoms with Crippen LogP contribution in [-0.2, 0) is 10.2 Å². The van der Waals surface area contributed by atoms with Crippen molar-refractivity contribution in [3.05, 3.63) is 36.0 Å². The van der Waals surface area contributed by atoms with Crippen LogP contribution in [0.5, 0.6) is 5.75 Å². The van der Waals surface area contributed by atoms with Gasteiger partial charge in [-0.15, -0.1) is 0 Å². The Balaban J connectivity index is 1.94. The molecule has 1 N–H and O–H groups in total. The standard InChI is InChI=1S/C20H27N3O2/c1-20(2,3)17-13-18(21-19(24)14-7-5-6-8-14)23(22-17)15-9-11-16(25-4)12-10-15/h9-14H,5-8H2,1-4H3,(H,21,24). The van der Waals surface area contributed by atoms with E-state index in [1.807, 2.05) is 35.0 Å². The first kappa shape index (κ1) is 17.5. The Hall–Kier alpha value is -2.30. The van der Waals surface area contributed by atoms with Crippen molar-refractivity contribution in [2.75, 3.05) is 12.4 Å². The normalized spacial score (nSPS) is 15.4. The minimum absolute atomic E-state index is 0.0927. The second-order valence-electron chi connectivity index (χ2n) is 7.75. The van der Waals surface area contributed by atoms with Crippen LogP contribution in [0.1, 0.15) is 52.1 Å². The molecule has 0 atom stereocenters. The largest absolute Gasteiger partial charge is 0.497 e. The number of anilines is 1. The number of ether oxygens (including phenoxy) is 1. The average molecular weight is 341 g/mol. The quantitative estimate of drug-likeness (QED) is 0.901. The molecule has 134 valence electrons. The molecule has 0 aliphatic heterocycles. The van der Waals surface area contributed by atoms with E-state index in [0.29, 0.717) is 0 Å². The van der Waals surface area contributed by atoms with Crippen LogP contribution in [0.4, 0.5) is 5.82 Å².